The molecule has 5 aromatic rings. The highest BCUT2D eigenvalue weighted by molar-refractivity contribution is 7.17. The van der Waals surface area contributed by atoms with Gasteiger partial charge in [-0.1, -0.05) is 67.8 Å². The van der Waals surface area contributed by atoms with E-state index in [-0.39, 0.29) is 18.4 Å². The monoisotopic (exact) mass is 671 g/mol. The average molecular weight is 672 g/mol. The Labute approximate surface area is 272 Å². The van der Waals surface area contributed by atoms with Gasteiger partial charge in [0.2, 0.25) is 5.91 Å². The summed E-state index contributed by atoms with van der Waals surface area (Å²) >= 11 is 7.84. The molecule has 1 atom stereocenters. The molecule has 3 N–H and O–H groups in total. The Bertz CT molecular complexity index is 1820. The number of carbonyl (C=O) groups excluding carboxylic acids is 2. The second-order valence-electron chi connectivity index (χ2n) is 10.7. The maximum Gasteiger partial charge on any atom is 0.490 e. The van der Waals surface area contributed by atoms with Crippen LogP contribution in [0.1, 0.15) is 62.9 Å². The third kappa shape index (κ3) is 9.64. The van der Waals surface area contributed by atoms with Crippen molar-refractivity contribution < 1.29 is 32.7 Å². The van der Waals surface area contributed by atoms with Crippen LogP contribution < -0.4 is 5.32 Å². The highest BCUT2D eigenvalue weighted by Gasteiger charge is 2.38. The molecule has 0 aliphatic rings. The first-order valence-electron chi connectivity index (χ1n) is 14.8. The Morgan fingerprint density at radius 1 is 1.02 bits per heavy atom. The zero-order valence-electron chi connectivity index (χ0n) is 25.0. The van der Waals surface area contributed by atoms with Crippen molar-refractivity contribution in [2.45, 2.75) is 64.1 Å². The van der Waals surface area contributed by atoms with Crippen molar-refractivity contribution in [3.05, 3.63) is 88.7 Å². The van der Waals surface area contributed by atoms with Gasteiger partial charge in [0.05, 0.1) is 24.4 Å². The number of aliphatic carboxylic acids is 1. The second-order valence-corrected chi connectivity index (χ2v) is 12.1. The minimum atomic E-state index is -5.08. The predicted octanol–water partition coefficient (Wildman–Crippen LogP) is 9.06. The first-order chi connectivity index (χ1) is 21.9. The normalized spacial score (nSPS) is 12.0. The lowest BCUT2D eigenvalue weighted by atomic mass is 10.0. The molecule has 46 heavy (non-hydrogen) atoms. The maximum absolute atomic E-state index is 13.2. The number of nitrogens with zero attached hydrogens (tertiary/aromatic N) is 1. The molecular formula is C34H33ClF3N3O4S. The van der Waals surface area contributed by atoms with Crippen LogP contribution >= 0.6 is 22.9 Å². The van der Waals surface area contributed by atoms with Crippen molar-refractivity contribution in [3.63, 3.8) is 0 Å². The summed E-state index contributed by atoms with van der Waals surface area (Å²) in [6.07, 6.45) is 1.68. The first-order valence-corrected chi connectivity index (χ1v) is 16.0. The summed E-state index contributed by atoms with van der Waals surface area (Å²) in [4.78, 5) is 42.0. The number of amides is 1. The van der Waals surface area contributed by atoms with Crippen molar-refractivity contribution in [2.24, 2.45) is 0 Å². The van der Waals surface area contributed by atoms with Crippen molar-refractivity contribution in [3.8, 4) is 11.3 Å². The van der Waals surface area contributed by atoms with Crippen LogP contribution in [0.2, 0.25) is 5.02 Å². The topological polar surface area (TPSA) is 112 Å². The molecule has 2 aromatic heterocycles. The second kappa shape index (κ2) is 15.9. The fourth-order valence-electron chi connectivity index (χ4n) is 4.93. The van der Waals surface area contributed by atoms with Crippen LogP contribution in [0.5, 0.6) is 0 Å². The molecule has 0 fully saturated rings. The molecule has 12 heteroatoms. The van der Waals surface area contributed by atoms with E-state index >= 15 is 0 Å². The van der Waals surface area contributed by atoms with Gasteiger partial charge in [0, 0.05) is 28.1 Å². The number of aromatic amines is 1. The average Bonchev–Trinajstić information content (AvgIpc) is 3.67. The van der Waals surface area contributed by atoms with Crippen molar-refractivity contribution >= 4 is 61.5 Å². The van der Waals surface area contributed by atoms with Gasteiger partial charge in [0.25, 0.3) is 0 Å². The van der Waals surface area contributed by atoms with Crippen LogP contribution in [0.15, 0.2) is 72.2 Å². The van der Waals surface area contributed by atoms with E-state index in [1.807, 2.05) is 48.8 Å². The number of nitrogens with one attached hydrogen (secondary N) is 2. The minimum absolute atomic E-state index is 0.0514. The zero-order valence-corrected chi connectivity index (χ0v) is 26.6. The third-order valence-electron chi connectivity index (χ3n) is 7.37. The number of carbonyl (C=O) groups is 3. The summed E-state index contributed by atoms with van der Waals surface area (Å²) in [5, 5.41) is 16.4. The van der Waals surface area contributed by atoms with Gasteiger partial charge in [0.15, 0.2) is 0 Å². The van der Waals surface area contributed by atoms with Crippen molar-refractivity contribution in [2.75, 3.05) is 0 Å². The van der Waals surface area contributed by atoms with Gasteiger partial charge in [-0.3, -0.25) is 9.59 Å². The largest absolute Gasteiger partial charge is 0.490 e. The molecule has 0 aliphatic heterocycles. The molecular weight excluding hydrogens is 639 g/mol. The maximum atomic E-state index is 13.2. The molecule has 242 valence electrons. The number of fused-ring (bicyclic) bond motifs is 2. The Kier molecular flexibility index (Phi) is 11.9. The Balaban J connectivity index is 0.000000617. The van der Waals surface area contributed by atoms with E-state index < -0.39 is 12.1 Å². The number of alkyl halides is 3. The number of ketones is 1. The fraction of sp³-hybridized carbons (Fsp3) is 0.294. The number of imidazole rings is 1. The van der Waals surface area contributed by atoms with Crippen LogP contribution in [-0.2, 0) is 20.8 Å². The van der Waals surface area contributed by atoms with Crippen LogP contribution in [0.4, 0.5) is 13.2 Å². The minimum Gasteiger partial charge on any atom is -0.475 e. The SMILES string of the molecule is CCC(=O)CCCCC[C@H](NC(=O)Cc1csc2ccc(Cl)cc12)c1ncc(-c2ccc3ccccc3c2)[nH]1.O=C(O)C(F)(F)F. The lowest BCUT2D eigenvalue weighted by molar-refractivity contribution is -0.192. The highest BCUT2D eigenvalue weighted by atomic mass is 35.5. The standard InChI is InChI=1S/C32H32ClN3O2S.C2HF3O2/c1-2-26(37)10-4-3-5-11-28(35-31(38)17-24-20-39-30-15-14-25(33)18-27(24)30)32-34-19-29(36-32)23-13-12-21-8-6-7-9-22(21)16-23;3-2(4,5)1(6)7/h6-9,12-16,18-20,28H,2-5,10-11,17H2,1H3,(H,34,36)(H,35,38);(H,6,7)/t28-;/m0./s1. The van der Waals surface area contributed by atoms with Crippen LogP contribution in [-0.4, -0.2) is 38.9 Å². The molecule has 0 unspecified atom stereocenters. The number of rotatable bonds is 12. The number of carboxylic acids is 1. The number of hydrogen-bond donors (Lipinski definition) is 3. The first kappa shape index (κ1) is 34.6. The number of halogens is 4. The molecule has 0 saturated carbocycles. The molecule has 0 aliphatic carbocycles. The molecule has 2 heterocycles. The molecule has 7 nitrogen and oxygen atoms in total. The summed E-state index contributed by atoms with van der Waals surface area (Å²) in [6.45, 7) is 1.91. The summed E-state index contributed by atoms with van der Waals surface area (Å²) in [6, 6.07) is 20.2. The summed E-state index contributed by atoms with van der Waals surface area (Å²) < 4.78 is 32.9. The van der Waals surface area contributed by atoms with E-state index in [9.17, 15) is 22.8 Å². The number of Topliss-reactive ketones (excluding diaryl/α,β-unsaturated/α-hetero) is 1. The smallest absolute Gasteiger partial charge is 0.475 e. The summed E-state index contributed by atoms with van der Waals surface area (Å²) in [7, 11) is 0. The molecule has 5 rings (SSSR count). The Morgan fingerprint density at radius 2 is 1.76 bits per heavy atom. The quantitative estimate of drug-likeness (QED) is 0.115. The highest BCUT2D eigenvalue weighted by Crippen LogP contribution is 2.30. The molecule has 0 saturated heterocycles. The van der Waals surface area contributed by atoms with E-state index in [1.54, 1.807) is 11.3 Å². The summed E-state index contributed by atoms with van der Waals surface area (Å²) in [5.74, 6) is -1.76. The number of carboxylic acid groups (broad SMARTS) is 1. The fourth-order valence-corrected chi connectivity index (χ4v) is 6.04. The number of benzene rings is 3. The lowest BCUT2D eigenvalue weighted by Gasteiger charge is -2.17. The number of unbranched alkanes of at least 4 members (excludes halogenated alkanes) is 2. The van der Waals surface area contributed by atoms with E-state index in [2.05, 4.69) is 45.6 Å². The number of H-pyrrole nitrogens is 1. The van der Waals surface area contributed by atoms with Gasteiger partial charge in [-0.15, -0.1) is 11.3 Å². The third-order valence-corrected chi connectivity index (χ3v) is 8.62. The molecule has 0 radical (unpaired) electrons. The van der Waals surface area contributed by atoms with Gasteiger partial charge in [-0.05, 0) is 64.2 Å². The van der Waals surface area contributed by atoms with Crippen molar-refractivity contribution in [1.29, 1.82) is 0 Å². The van der Waals surface area contributed by atoms with E-state index in [4.69, 9.17) is 21.5 Å². The van der Waals surface area contributed by atoms with E-state index in [1.165, 1.54) is 10.8 Å². The number of aromatic nitrogens is 2. The Morgan fingerprint density at radius 3 is 2.48 bits per heavy atom. The zero-order chi connectivity index (χ0) is 33.3. The van der Waals surface area contributed by atoms with E-state index in [0.717, 1.165) is 58.4 Å². The van der Waals surface area contributed by atoms with Crippen LogP contribution in [0, 0.1) is 0 Å². The van der Waals surface area contributed by atoms with Gasteiger partial charge in [-0.2, -0.15) is 13.2 Å². The molecule has 0 spiro atoms. The molecule has 1 amide bonds. The molecule has 3 aromatic carbocycles. The summed E-state index contributed by atoms with van der Waals surface area (Å²) in [5.41, 5.74) is 2.95. The van der Waals surface area contributed by atoms with Crippen LogP contribution in [0.25, 0.3) is 32.1 Å². The Hall–Kier alpha value is -4.22. The number of thiophene rings is 1. The van der Waals surface area contributed by atoms with Crippen molar-refractivity contribution in [1.82, 2.24) is 15.3 Å². The van der Waals surface area contributed by atoms with Crippen LogP contribution in [0.3, 0.4) is 0 Å². The number of hydrogen-bond acceptors (Lipinski definition) is 5. The van der Waals surface area contributed by atoms with Gasteiger partial charge in [-0.25, -0.2) is 9.78 Å². The van der Waals surface area contributed by atoms with Gasteiger partial charge in [0.1, 0.15) is 11.6 Å². The van der Waals surface area contributed by atoms with E-state index in [0.29, 0.717) is 23.6 Å². The lowest BCUT2D eigenvalue weighted by Crippen LogP contribution is -2.30. The predicted molar refractivity (Wildman–Crippen MR) is 175 cm³/mol. The van der Waals surface area contributed by atoms with Gasteiger partial charge < -0.3 is 15.4 Å². The molecule has 0 bridgehead atoms. The van der Waals surface area contributed by atoms with Gasteiger partial charge >= 0.3 is 12.1 Å².